The lowest BCUT2D eigenvalue weighted by molar-refractivity contribution is 0.140. The highest BCUT2D eigenvalue weighted by Gasteiger charge is 2.19. The van der Waals surface area contributed by atoms with E-state index in [-0.39, 0.29) is 30.1 Å². The lowest BCUT2D eigenvalue weighted by atomic mass is 10.1. The number of hydrogen-bond acceptors (Lipinski definition) is 3. The van der Waals surface area contributed by atoms with E-state index in [1.165, 1.54) is 44.1 Å². The van der Waals surface area contributed by atoms with Crippen LogP contribution in [0.1, 0.15) is 56.1 Å². The first kappa shape index (κ1) is 21.3. The molecule has 1 atom stereocenters. The number of guanidine groups is 1. The van der Waals surface area contributed by atoms with Crippen LogP contribution < -0.4 is 15.8 Å². The van der Waals surface area contributed by atoms with Gasteiger partial charge in [0.25, 0.3) is 0 Å². The van der Waals surface area contributed by atoms with Gasteiger partial charge in [0.2, 0.25) is 0 Å². The number of nitrogens with zero attached hydrogens (tertiary/aromatic N) is 1. The van der Waals surface area contributed by atoms with Gasteiger partial charge in [0, 0.05) is 18.0 Å². The lowest BCUT2D eigenvalue weighted by Crippen LogP contribution is -2.39. The summed E-state index contributed by atoms with van der Waals surface area (Å²) in [6.07, 6.45) is 8.71. The van der Waals surface area contributed by atoms with Crippen molar-refractivity contribution in [1.29, 1.82) is 0 Å². The van der Waals surface area contributed by atoms with Crippen molar-refractivity contribution in [3.05, 3.63) is 29.3 Å². The van der Waals surface area contributed by atoms with Gasteiger partial charge in [0.15, 0.2) is 5.96 Å². The first-order valence-electron chi connectivity index (χ1n) is 9.61. The molecule has 146 valence electrons. The van der Waals surface area contributed by atoms with E-state index in [2.05, 4.69) is 35.4 Å². The quantitative estimate of drug-likeness (QED) is 0.295. The number of rotatable bonds is 5. The SMILES string of the molecule is Cc1ccc(CN=C(N)NC2CCCCCC2)c(OC2CCOC2)c1.I. The summed E-state index contributed by atoms with van der Waals surface area (Å²) in [5.74, 6) is 1.45. The Hall–Kier alpha value is -1.02. The summed E-state index contributed by atoms with van der Waals surface area (Å²) in [6.45, 7) is 4.06. The van der Waals surface area contributed by atoms with Crippen LogP contribution in [0, 0.1) is 6.92 Å². The van der Waals surface area contributed by atoms with Crippen molar-refractivity contribution in [2.45, 2.75) is 70.6 Å². The third kappa shape index (κ3) is 6.61. The highest BCUT2D eigenvalue weighted by Crippen LogP contribution is 2.24. The van der Waals surface area contributed by atoms with Crippen molar-refractivity contribution in [3.63, 3.8) is 0 Å². The summed E-state index contributed by atoms with van der Waals surface area (Å²) < 4.78 is 11.5. The lowest BCUT2D eigenvalue weighted by Gasteiger charge is -2.18. The molecule has 26 heavy (non-hydrogen) atoms. The van der Waals surface area contributed by atoms with Crippen LogP contribution in [-0.2, 0) is 11.3 Å². The van der Waals surface area contributed by atoms with Gasteiger partial charge >= 0.3 is 0 Å². The molecule has 1 heterocycles. The van der Waals surface area contributed by atoms with E-state index in [0.717, 1.165) is 24.3 Å². The third-order valence-corrected chi connectivity index (χ3v) is 5.03. The smallest absolute Gasteiger partial charge is 0.189 e. The molecule has 3 rings (SSSR count). The van der Waals surface area contributed by atoms with E-state index in [1.54, 1.807) is 0 Å². The topological polar surface area (TPSA) is 68.9 Å². The fourth-order valence-electron chi connectivity index (χ4n) is 3.54. The molecule has 6 heteroatoms. The molecule has 2 aliphatic rings. The second-order valence-corrected chi connectivity index (χ2v) is 7.25. The van der Waals surface area contributed by atoms with Crippen molar-refractivity contribution < 1.29 is 9.47 Å². The summed E-state index contributed by atoms with van der Waals surface area (Å²) in [7, 11) is 0. The van der Waals surface area contributed by atoms with Crippen LogP contribution >= 0.6 is 24.0 Å². The zero-order chi connectivity index (χ0) is 17.5. The minimum atomic E-state index is 0. The minimum absolute atomic E-state index is 0. The standard InChI is InChI=1S/C20H31N3O2.HI/c1-15-8-9-16(19(12-15)25-18-10-11-24-14-18)13-22-20(21)23-17-6-4-2-3-5-7-17;/h8-9,12,17-18H,2-7,10-11,13-14H2,1H3,(H3,21,22,23);1H. The normalized spacial score (nSPS) is 21.7. The molecule has 1 saturated carbocycles. The Kier molecular flexibility index (Phi) is 8.98. The van der Waals surface area contributed by atoms with E-state index in [9.17, 15) is 0 Å². The van der Waals surface area contributed by atoms with E-state index >= 15 is 0 Å². The fourth-order valence-corrected chi connectivity index (χ4v) is 3.54. The summed E-state index contributed by atoms with van der Waals surface area (Å²) in [5.41, 5.74) is 8.38. The van der Waals surface area contributed by atoms with Gasteiger partial charge in [0.05, 0.1) is 19.8 Å². The number of ether oxygens (including phenoxy) is 2. The molecule has 1 saturated heterocycles. The molecule has 0 spiro atoms. The number of nitrogens with one attached hydrogen (secondary N) is 1. The second kappa shape index (κ2) is 11.0. The molecule has 0 amide bonds. The Balaban J connectivity index is 0.00000243. The van der Waals surface area contributed by atoms with Crippen LogP contribution in [0.25, 0.3) is 0 Å². The maximum absolute atomic E-state index is 6.13. The van der Waals surface area contributed by atoms with E-state index in [1.807, 2.05) is 0 Å². The molecular formula is C20H32IN3O2. The molecule has 0 aromatic heterocycles. The number of aryl methyl sites for hydroxylation is 1. The number of nitrogens with two attached hydrogens (primary N) is 1. The van der Waals surface area contributed by atoms with Gasteiger partial charge in [-0.1, -0.05) is 37.8 Å². The van der Waals surface area contributed by atoms with Crippen molar-refractivity contribution in [2.75, 3.05) is 13.2 Å². The molecule has 0 bridgehead atoms. The molecular weight excluding hydrogens is 441 g/mol. The number of benzene rings is 1. The van der Waals surface area contributed by atoms with Crippen LogP contribution in [0.3, 0.4) is 0 Å². The zero-order valence-corrected chi connectivity index (χ0v) is 18.0. The summed E-state index contributed by atoms with van der Waals surface area (Å²) in [4.78, 5) is 4.56. The molecule has 0 radical (unpaired) electrons. The van der Waals surface area contributed by atoms with Gasteiger partial charge in [-0.2, -0.15) is 0 Å². The van der Waals surface area contributed by atoms with Gasteiger partial charge < -0.3 is 20.5 Å². The maximum Gasteiger partial charge on any atom is 0.189 e. The first-order valence-corrected chi connectivity index (χ1v) is 9.61. The van der Waals surface area contributed by atoms with Crippen LogP contribution in [0.5, 0.6) is 5.75 Å². The van der Waals surface area contributed by atoms with Crippen LogP contribution in [0.4, 0.5) is 0 Å². The minimum Gasteiger partial charge on any atom is -0.488 e. The van der Waals surface area contributed by atoms with Gasteiger partial charge in [-0.25, -0.2) is 4.99 Å². The maximum atomic E-state index is 6.13. The third-order valence-electron chi connectivity index (χ3n) is 5.03. The fraction of sp³-hybridized carbons (Fsp3) is 0.650. The Labute approximate surface area is 174 Å². The van der Waals surface area contributed by atoms with Crippen LogP contribution in [-0.4, -0.2) is 31.3 Å². The van der Waals surface area contributed by atoms with Crippen LogP contribution in [0.2, 0.25) is 0 Å². The Morgan fingerprint density at radius 1 is 1.23 bits per heavy atom. The molecule has 3 N–H and O–H groups in total. The zero-order valence-electron chi connectivity index (χ0n) is 15.7. The van der Waals surface area contributed by atoms with E-state index < -0.39 is 0 Å². The molecule has 1 aromatic rings. The largest absolute Gasteiger partial charge is 0.488 e. The summed E-state index contributed by atoms with van der Waals surface area (Å²) in [6, 6.07) is 6.73. The predicted molar refractivity (Wildman–Crippen MR) is 116 cm³/mol. The van der Waals surface area contributed by atoms with Gasteiger partial charge in [-0.3, -0.25) is 0 Å². The van der Waals surface area contributed by atoms with Crippen LogP contribution in [0.15, 0.2) is 23.2 Å². The van der Waals surface area contributed by atoms with Crippen molar-refractivity contribution in [3.8, 4) is 5.75 Å². The number of aliphatic imine (C=N–C) groups is 1. The Morgan fingerprint density at radius 2 is 2.00 bits per heavy atom. The van der Waals surface area contributed by atoms with Crippen molar-refractivity contribution >= 4 is 29.9 Å². The van der Waals surface area contributed by atoms with Crippen molar-refractivity contribution in [1.82, 2.24) is 5.32 Å². The van der Waals surface area contributed by atoms with E-state index in [0.29, 0.717) is 25.2 Å². The monoisotopic (exact) mass is 473 g/mol. The van der Waals surface area contributed by atoms with Crippen molar-refractivity contribution in [2.24, 2.45) is 10.7 Å². The Bertz CT molecular complexity index is 580. The van der Waals surface area contributed by atoms with Gasteiger partial charge in [-0.15, -0.1) is 24.0 Å². The number of halogens is 1. The molecule has 1 unspecified atom stereocenters. The molecule has 1 aliphatic carbocycles. The summed E-state index contributed by atoms with van der Waals surface area (Å²) in [5, 5.41) is 3.40. The predicted octanol–water partition coefficient (Wildman–Crippen LogP) is 3.91. The molecule has 1 aliphatic heterocycles. The average Bonchev–Trinajstić information content (AvgIpc) is 2.97. The Morgan fingerprint density at radius 3 is 2.69 bits per heavy atom. The second-order valence-electron chi connectivity index (χ2n) is 7.25. The molecule has 2 fully saturated rings. The highest BCUT2D eigenvalue weighted by molar-refractivity contribution is 14.0. The van der Waals surface area contributed by atoms with E-state index in [4.69, 9.17) is 15.2 Å². The first-order chi connectivity index (χ1) is 12.2. The molecule has 5 nitrogen and oxygen atoms in total. The molecule has 1 aromatic carbocycles. The average molecular weight is 473 g/mol. The highest BCUT2D eigenvalue weighted by atomic mass is 127. The number of hydrogen-bond donors (Lipinski definition) is 2. The van der Waals surface area contributed by atoms with Gasteiger partial charge in [0.1, 0.15) is 11.9 Å². The van der Waals surface area contributed by atoms with Gasteiger partial charge in [-0.05, 0) is 31.4 Å². The summed E-state index contributed by atoms with van der Waals surface area (Å²) >= 11 is 0.